The monoisotopic (exact) mass is 400 g/mol. The van der Waals surface area contributed by atoms with E-state index in [2.05, 4.69) is 25.8 Å². The summed E-state index contributed by atoms with van der Waals surface area (Å²) >= 11 is 1.53. The number of aromatic nitrogens is 1. The van der Waals surface area contributed by atoms with Crippen LogP contribution < -0.4 is 4.80 Å². The van der Waals surface area contributed by atoms with Crippen LogP contribution in [0.25, 0.3) is 0 Å². The minimum absolute atomic E-state index is 0.0980. The lowest BCUT2D eigenvalue weighted by molar-refractivity contribution is -0.143. The zero-order chi connectivity index (χ0) is 20.3. The lowest BCUT2D eigenvalue weighted by Crippen LogP contribution is -2.29. The predicted octanol–water partition coefficient (Wildman–Crippen LogP) is 4.00. The number of benzene rings is 1. The normalized spacial score (nSPS) is 17.3. The van der Waals surface area contributed by atoms with Crippen LogP contribution in [0.15, 0.2) is 35.3 Å². The van der Waals surface area contributed by atoms with Crippen LogP contribution >= 0.6 is 11.3 Å². The molecular weight excluding hydrogens is 372 g/mol. The van der Waals surface area contributed by atoms with Gasteiger partial charge in [-0.1, -0.05) is 39.0 Å². The van der Waals surface area contributed by atoms with Gasteiger partial charge in [0.2, 0.25) is 0 Å². The third kappa shape index (κ3) is 4.61. The molecule has 0 bridgehead atoms. The Morgan fingerprint density at radius 2 is 1.96 bits per heavy atom. The second kappa shape index (κ2) is 8.43. The van der Waals surface area contributed by atoms with Crippen LogP contribution in [-0.2, 0) is 28.9 Å². The first-order chi connectivity index (χ1) is 13.3. The van der Waals surface area contributed by atoms with Crippen molar-refractivity contribution in [1.82, 2.24) is 4.57 Å². The maximum atomic E-state index is 12.6. The van der Waals surface area contributed by atoms with E-state index in [0.29, 0.717) is 22.9 Å². The highest BCUT2D eigenvalue weighted by molar-refractivity contribution is 7.09. The molecule has 5 nitrogen and oxygen atoms in total. The molecule has 2 aromatic rings. The van der Waals surface area contributed by atoms with Crippen LogP contribution in [0.2, 0.25) is 0 Å². The number of hydrogen-bond acceptors (Lipinski definition) is 4. The van der Waals surface area contributed by atoms with E-state index < -0.39 is 0 Å². The molecule has 3 rings (SSSR count). The van der Waals surface area contributed by atoms with Gasteiger partial charge in [-0.25, -0.2) is 0 Å². The Morgan fingerprint density at radius 3 is 2.61 bits per heavy atom. The maximum Gasteiger partial charge on any atom is 0.326 e. The molecule has 1 aromatic heterocycles. The van der Waals surface area contributed by atoms with Gasteiger partial charge in [0, 0.05) is 16.1 Å². The van der Waals surface area contributed by atoms with E-state index in [0.717, 1.165) is 25.0 Å². The summed E-state index contributed by atoms with van der Waals surface area (Å²) in [6.45, 7) is 9.05. The highest BCUT2D eigenvalue weighted by Gasteiger charge is 2.31. The Bertz CT molecular complexity index is 919. The number of rotatable bonds is 4. The van der Waals surface area contributed by atoms with Gasteiger partial charge in [-0.15, -0.1) is 11.3 Å². The number of carbonyl (C=O) groups excluding carboxylic acids is 2. The first kappa shape index (κ1) is 20.5. The summed E-state index contributed by atoms with van der Waals surface area (Å²) in [6, 6.07) is 9.02. The van der Waals surface area contributed by atoms with Crippen LogP contribution in [0.5, 0.6) is 0 Å². The summed E-state index contributed by atoms with van der Waals surface area (Å²) in [5.74, 6) is -0.00815. The molecule has 1 aromatic carbocycles. The fourth-order valence-corrected chi connectivity index (χ4v) is 4.86. The quantitative estimate of drug-likeness (QED) is 0.729. The predicted molar refractivity (Wildman–Crippen MR) is 110 cm³/mol. The second-order valence-corrected chi connectivity index (χ2v) is 9.30. The standard InChI is InChI=1S/C22H28N2O3S/c1-5-27-19(25)14-24-17-12-11-16(22(2,3)4)13-18(17)28-21(24)23-20(26)15-9-7-6-8-10-15/h6-10,16H,5,11-14H2,1-4H3/t16-/m0/s1. The van der Waals surface area contributed by atoms with Gasteiger partial charge in [-0.3, -0.25) is 9.59 Å². The molecule has 150 valence electrons. The number of carbonyl (C=O) groups is 2. The van der Waals surface area contributed by atoms with E-state index in [9.17, 15) is 9.59 Å². The first-order valence-corrected chi connectivity index (χ1v) is 10.6. The van der Waals surface area contributed by atoms with E-state index in [1.807, 2.05) is 22.8 Å². The van der Waals surface area contributed by atoms with Gasteiger partial charge in [0.15, 0.2) is 4.80 Å². The van der Waals surface area contributed by atoms with Crippen LogP contribution in [0.1, 0.15) is 55.0 Å². The van der Waals surface area contributed by atoms with Gasteiger partial charge in [-0.05, 0) is 49.7 Å². The number of esters is 1. The van der Waals surface area contributed by atoms with Gasteiger partial charge in [0.25, 0.3) is 5.91 Å². The molecule has 0 saturated carbocycles. The van der Waals surface area contributed by atoms with Crippen LogP contribution in [0, 0.1) is 11.3 Å². The Balaban J connectivity index is 2.01. The van der Waals surface area contributed by atoms with Gasteiger partial charge in [-0.2, -0.15) is 4.99 Å². The molecule has 0 aliphatic heterocycles. The van der Waals surface area contributed by atoms with Crippen molar-refractivity contribution in [2.24, 2.45) is 16.3 Å². The average molecular weight is 401 g/mol. The van der Waals surface area contributed by atoms with Crippen molar-refractivity contribution in [3.05, 3.63) is 51.3 Å². The number of hydrogen-bond donors (Lipinski definition) is 0. The fourth-order valence-electron chi connectivity index (χ4n) is 3.61. The number of thiazole rings is 1. The topological polar surface area (TPSA) is 60.7 Å². The smallest absolute Gasteiger partial charge is 0.326 e. The highest BCUT2D eigenvalue weighted by atomic mass is 32.1. The molecule has 1 amide bonds. The molecule has 0 saturated heterocycles. The molecule has 0 N–H and O–H groups in total. The number of amides is 1. The molecule has 28 heavy (non-hydrogen) atoms. The van der Waals surface area contributed by atoms with Crippen molar-refractivity contribution in [1.29, 1.82) is 0 Å². The summed E-state index contributed by atoms with van der Waals surface area (Å²) in [5, 5.41) is 0. The van der Waals surface area contributed by atoms with Gasteiger partial charge >= 0.3 is 5.97 Å². The Labute approximate surface area is 170 Å². The van der Waals surface area contributed by atoms with Gasteiger partial charge < -0.3 is 9.30 Å². The SMILES string of the molecule is CCOC(=O)Cn1c2c(sc1=NC(=O)c1ccccc1)C[C@@H](C(C)(C)C)CC2. The zero-order valence-electron chi connectivity index (χ0n) is 17.0. The number of ether oxygens (including phenoxy) is 1. The summed E-state index contributed by atoms with van der Waals surface area (Å²) in [5.41, 5.74) is 1.90. The summed E-state index contributed by atoms with van der Waals surface area (Å²) in [6.07, 6.45) is 2.92. The molecule has 0 radical (unpaired) electrons. The second-order valence-electron chi connectivity index (χ2n) is 8.23. The third-order valence-electron chi connectivity index (χ3n) is 5.29. The van der Waals surface area contributed by atoms with Crippen molar-refractivity contribution in [2.45, 2.75) is 53.5 Å². The zero-order valence-corrected chi connectivity index (χ0v) is 17.8. The average Bonchev–Trinajstić information content (AvgIpc) is 2.98. The minimum atomic E-state index is -0.297. The summed E-state index contributed by atoms with van der Waals surface area (Å²) in [4.78, 5) is 31.0. The van der Waals surface area contributed by atoms with Gasteiger partial charge in [0.05, 0.1) is 6.61 Å². The maximum absolute atomic E-state index is 12.6. The van der Waals surface area contributed by atoms with E-state index in [1.165, 1.54) is 16.2 Å². The molecule has 1 aliphatic carbocycles. The third-order valence-corrected chi connectivity index (χ3v) is 6.43. The van der Waals surface area contributed by atoms with Crippen LogP contribution in [0.4, 0.5) is 0 Å². The first-order valence-electron chi connectivity index (χ1n) is 9.80. The van der Waals surface area contributed by atoms with Crippen LogP contribution in [-0.4, -0.2) is 23.1 Å². The van der Waals surface area contributed by atoms with Crippen molar-refractivity contribution in [3.63, 3.8) is 0 Å². The van der Waals surface area contributed by atoms with Crippen molar-refractivity contribution >= 4 is 23.2 Å². The summed E-state index contributed by atoms with van der Waals surface area (Å²) < 4.78 is 7.03. The molecule has 6 heteroatoms. The van der Waals surface area contributed by atoms with Gasteiger partial charge in [0.1, 0.15) is 6.54 Å². The Morgan fingerprint density at radius 1 is 1.25 bits per heavy atom. The lowest BCUT2D eigenvalue weighted by atomic mass is 9.73. The molecule has 0 unspecified atom stereocenters. The molecular formula is C22H28N2O3S. The minimum Gasteiger partial charge on any atom is -0.465 e. The Hall–Kier alpha value is -2.21. The van der Waals surface area contributed by atoms with E-state index in [-0.39, 0.29) is 23.8 Å². The molecule has 0 fully saturated rings. The van der Waals surface area contributed by atoms with Crippen molar-refractivity contribution in [3.8, 4) is 0 Å². The van der Waals surface area contributed by atoms with E-state index in [4.69, 9.17) is 4.74 Å². The fraction of sp³-hybridized carbons (Fsp3) is 0.500. The van der Waals surface area contributed by atoms with Crippen molar-refractivity contribution < 1.29 is 14.3 Å². The van der Waals surface area contributed by atoms with E-state index in [1.54, 1.807) is 19.1 Å². The molecule has 0 spiro atoms. The lowest BCUT2D eigenvalue weighted by Gasteiger charge is -2.33. The number of fused-ring (bicyclic) bond motifs is 1. The largest absolute Gasteiger partial charge is 0.465 e. The van der Waals surface area contributed by atoms with Crippen LogP contribution in [0.3, 0.4) is 0 Å². The molecule has 1 atom stereocenters. The Kier molecular flexibility index (Phi) is 6.18. The molecule has 1 aliphatic rings. The number of nitrogens with zero attached hydrogens (tertiary/aromatic N) is 2. The summed E-state index contributed by atoms with van der Waals surface area (Å²) in [7, 11) is 0. The highest BCUT2D eigenvalue weighted by Crippen LogP contribution is 2.38. The van der Waals surface area contributed by atoms with Crippen molar-refractivity contribution in [2.75, 3.05) is 6.61 Å². The van der Waals surface area contributed by atoms with E-state index >= 15 is 0 Å². The molecule has 1 heterocycles.